The van der Waals surface area contributed by atoms with Gasteiger partial charge in [-0.1, -0.05) is 32.8 Å². The maximum atomic E-state index is 11.6. The summed E-state index contributed by atoms with van der Waals surface area (Å²) in [7, 11) is 0. The van der Waals surface area contributed by atoms with Gasteiger partial charge in [-0.15, -0.1) is 0 Å². The molecule has 0 fully saturated rings. The molecular formula is C14H22N2O. The SMILES string of the molecule is CCC(CC)CNC(=O)CCc1cccnc1. The zero-order valence-corrected chi connectivity index (χ0v) is 10.8. The third-order valence-electron chi connectivity index (χ3n) is 3.11. The Balaban J connectivity index is 2.22. The number of rotatable bonds is 7. The molecule has 17 heavy (non-hydrogen) atoms. The zero-order chi connectivity index (χ0) is 12.5. The van der Waals surface area contributed by atoms with Crippen molar-refractivity contribution in [3.63, 3.8) is 0 Å². The maximum absolute atomic E-state index is 11.6. The minimum absolute atomic E-state index is 0.140. The van der Waals surface area contributed by atoms with Crippen molar-refractivity contribution < 1.29 is 4.79 Å². The first-order chi connectivity index (χ1) is 8.26. The number of carbonyl (C=O) groups excluding carboxylic acids is 1. The van der Waals surface area contributed by atoms with E-state index in [-0.39, 0.29) is 5.91 Å². The Morgan fingerprint density at radius 3 is 2.76 bits per heavy atom. The molecule has 0 atom stereocenters. The summed E-state index contributed by atoms with van der Waals surface area (Å²) >= 11 is 0. The van der Waals surface area contributed by atoms with Crippen molar-refractivity contribution in [2.24, 2.45) is 5.92 Å². The fourth-order valence-corrected chi connectivity index (χ4v) is 1.73. The standard InChI is InChI=1S/C14H22N2O/c1-3-12(4-2)11-16-14(17)8-7-13-6-5-9-15-10-13/h5-6,9-10,12H,3-4,7-8,11H2,1-2H3,(H,16,17). The van der Waals surface area contributed by atoms with Crippen LogP contribution in [0, 0.1) is 5.92 Å². The number of nitrogens with zero attached hydrogens (tertiary/aromatic N) is 1. The van der Waals surface area contributed by atoms with Crippen LogP contribution >= 0.6 is 0 Å². The summed E-state index contributed by atoms with van der Waals surface area (Å²) in [5, 5.41) is 3.00. The highest BCUT2D eigenvalue weighted by molar-refractivity contribution is 5.76. The molecule has 0 bridgehead atoms. The van der Waals surface area contributed by atoms with Crippen molar-refractivity contribution in [1.29, 1.82) is 0 Å². The van der Waals surface area contributed by atoms with Crippen LogP contribution < -0.4 is 5.32 Å². The molecule has 1 heterocycles. The van der Waals surface area contributed by atoms with E-state index in [0.29, 0.717) is 12.3 Å². The average Bonchev–Trinajstić information content (AvgIpc) is 2.39. The monoisotopic (exact) mass is 234 g/mol. The quantitative estimate of drug-likeness (QED) is 0.788. The van der Waals surface area contributed by atoms with E-state index >= 15 is 0 Å². The van der Waals surface area contributed by atoms with Gasteiger partial charge in [-0.25, -0.2) is 0 Å². The Bertz CT molecular complexity index is 320. The molecule has 1 aromatic rings. The van der Waals surface area contributed by atoms with Gasteiger partial charge < -0.3 is 5.32 Å². The predicted octanol–water partition coefficient (Wildman–Crippen LogP) is 2.57. The van der Waals surface area contributed by atoms with Crippen LogP contribution in [0.2, 0.25) is 0 Å². The van der Waals surface area contributed by atoms with Gasteiger partial charge in [-0.3, -0.25) is 9.78 Å². The van der Waals surface area contributed by atoms with Gasteiger partial charge in [0.1, 0.15) is 0 Å². The highest BCUT2D eigenvalue weighted by Gasteiger charge is 2.06. The van der Waals surface area contributed by atoms with Gasteiger partial charge in [0.05, 0.1) is 0 Å². The van der Waals surface area contributed by atoms with Crippen LogP contribution in [0.4, 0.5) is 0 Å². The van der Waals surface area contributed by atoms with Gasteiger partial charge in [0, 0.05) is 25.4 Å². The fraction of sp³-hybridized carbons (Fsp3) is 0.571. The lowest BCUT2D eigenvalue weighted by Gasteiger charge is -2.13. The van der Waals surface area contributed by atoms with Crippen molar-refractivity contribution >= 4 is 5.91 Å². The Hall–Kier alpha value is -1.38. The molecule has 0 saturated heterocycles. The van der Waals surface area contributed by atoms with E-state index in [2.05, 4.69) is 24.1 Å². The number of nitrogens with one attached hydrogen (secondary N) is 1. The molecule has 1 N–H and O–H groups in total. The summed E-state index contributed by atoms with van der Waals surface area (Å²) in [4.78, 5) is 15.7. The molecule has 0 aliphatic heterocycles. The van der Waals surface area contributed by atoms with Crippen molar-refractivity contribution in [3.05, 3.63) is 30.1 Å². The molecule has 1 rings (SSSR count). The van der Waals surface area contributed by atoms with Crippen LogP contribution in [0.1, 0.15) is 38.7 Å². The number of pyridine rings is 1. The van der Waals surface area contributed by atoms with E-state index in [1.54, 1.807) is 6.20 Å². The number of aromatic nitrogens is 1. The van der Waals surface area contributed by atoms with Gasteiger partial charge in [-0.2, -0.15) is 0 Å². The van der Waals surface area contributed by atoms with Crippen molar-refractivity contribution in [3.8, 4) is 0 Å². The van der Waals surface area contributed by atoms with Gasteiger partial charge >= 0.3 is 0 Å². The van der Waals surface area contributed by atoms with Crippen LogP contribution in [0.15, 0.2) is 24.5 Å². The smallest absolute Gasteiger partial charge is 0.220 e. The molecule has 0 aliphatic rings. The Labute approximate surface area is 104 Å². The van der Waals surface area contributed by atoms with E-state index in [1.807, 2.05) is 18.3 Å². The first-order valence-corrected chi connectivity index (χ1v) is 6.41. The molecule has 1 aromatic heterocycles. The normalized spacial score (nSPS) is 10.5. The molecule has 1 amide bonds. The lowest BCUT2D eigenvalue weighted by molar-refractivity contribution is -0.121. The van der Waals surface area contributed by atoms with E-state index in [0.717, 1.165) is 31.4 Å². The van der Waals surface area contributed by atoms with E-state index in [4.69, 9.17) is 0 Å². The molecule has 0 unspecified atom stereocenters. The van der Waals surface area contributed by atoms with Gasteiger partial charge in [-0.05, 0) is 24.0 Å². The number of hydrogen-bond donors (Lipinski definition) is 1. The van der Waals surface area contributed by atoms with Gasteiger partial charge in [0.2, 0.25) is 5.91 Å². The van der Waals surface area contributed by atoms with Crippen molar-refractivity contribution in [2.75, 3.05) is 6.54 Å². The van der Waals surface area contributed by atoms with Crippen molar-refractivity contribution in [2.45, 2.75) is 39.5 Å². The molecule has 3 heteroatoms. The average molecular weight is 234 g/mol. The first-order valence-electron chi connectivity index (χ1n) is 6.41. The number of aryl methyl sites for hydroxylation is 1. The Kier molecular flexibility index (Phi) is 6.30. The van der Waals surface area contributed by atoms with E-state index in [1.165, 1.54) is 0 Å². The van der Waals surface area contributed by atoms with Crippen LogP contribution in [-0.4, -0.2) is 17.4 Å². The summed E-state index contributed by atoms with van der Waals surface area (Å²) in [6.45, 7) is 5.13. The maximum Gasteiger partial charge on any atom is 0.220 e. The number of hydrogen-bond acceptors (Lipinski definition) is 2. The number of carbonyl (C=O) groups is 1. The Morgan fingerprint density at radius 2 is 2.18 bits per heavy atom. The molecule has 0 radical (unpaired) electrons. The minimum atomic E-state index is 0.140. The minimum Gasteiger partial charge on any atom is -0.356 e. The Morgan fingerprint density at radius 1 is 1.41 bits per heavy atom. The molecule has 0 aliphatic carbocycles. The molecule has 0 saturated carbocycles. The summed E-state index contributed by atoms with van der Waals surface area (Å²) in [6.07, 6.45) is 7.12. The van der Waals surface area contributed by atoms with Crippen LogP contribution in [-0.2, 0) is 11.2 Å². The largest absolute Gasteiger partial charge is 0.356 e. The molecule has 0 spiro atoms. The third kappa shape index (κ3) is 5.48. The summed E-state index contributed by atoms with van der Waals surface area (Å²) in [5.41, 5.74) is 1.12. The van der Waals surface area contributed by atoms with E-state index < -0.39 is 0 Å². The lowest BCUT2D eigenvalue weighted by Crippen LogP contribution is -2.29. The molecule has 3 nitrogen and oxygen atoms in total. The third-order valence-corrected chi connectivity index (χ3v) is 3.11. The van der Waals surface area contributed by atoms with Gasteiger partial charge in [0.15, 0.2) is 0 Å². The summed E-state index contributed by atoms with van der Waals surface area (Å²) in [6, 6.07) is 3.90. The van der Waals surface area contributed by atoms with E-state index in [9.17, 15) is 4.79 Å². The highest BCUT2D eigenvalue weighted by Crippen LogP contribution is 2.05. The lowest BCUT2D eigenvalue weighted by atomic mass is 10.0. The van der Waals surface area contributed by atoms with Crippen molar-refractivity contribution in [1.82, 2.24) is 10.3 Å². The zero-order valence-electron chi connectivity index (χ0n) is 10.8. The topological polar surface area (TPSA) is 42.0 Å². The second kappa shape index (κ2) is 7.82. The predicted molar refractivity (Wildman–Crippen MR) is 69.6 cm³/mol. The van der Waals surface area contributed by atoms with Gasteiger partial charge in [0.25, 0.3) is 0 Å². The highest BCUT2D eigenvalue weighted by atomic mass is 16.1. The summed E-state index contributed by atoms with van der Waals surface area (Å²) in [5.74, 6) is 0.748. The molecular weight excluding hydrogens is 212 g/mol. The summed E-state index contributed by atoms with van der Waals surface area (Å²) < 4.78 is 0. The first kappa shape index (κ1) is 13.7. The fourth-order valence-electron chi connectivity index (χ4n) is 1.73. The molecule has 94 valence electrons. The second-order valence-electron chi connectivity index (χ2n) is 4.35. The van der Waals surface area contributed by atoms with Crippen LogP contribution in [0.25, 0.3) is 0 Å². The van der Waals surface area contributed by atoms with Crippen LogP contribution in [0.3, 0.4) is 0 Å². The van der Waals surface area contributed by atoms with Crippen LogP contribution in [0.5, 0.6) is 0 Å². The molecule has 0 aromatic carbocycles. The number of amides is 1. The second-order valence-corrected chi connectivity index (χ2v) is 4.35.